The summed E-state index contributed by atoms with van der Waals surface area (Å²) >= 11 is 0. The third-order valence-electron chi connectivity index (χ3n) is 3.87. The third kappa shape index (κ3) is 6.36. The van der Waals surface area contributed by atoms with Crippen LogP contribution in [0.5, 0.6) is 0 Å². The van der Waals surface area contributed by atoms with E-state index in [0.29, 0.717) is 12.5 Å². The molecular formula is C16H32N2O3. The molecule has 0 rings (SSSR count). The van der Waals surface area contributed by atoms with Crippen molar-refractivity contribution in [1.82, 2.24) is 9.80 Å². The molecule has 0 bridgehead atoms. The molecule has 0 heterocycles. The van der Waals surface area contributed by atoms with Crippen LogP contribution in [0, 0.1) is 5.92 Å². The number of urea groups is 1. The summed E-state index contributed by atoms with van der Waals surface area (Å²) in [6.45, 7) is 12.6. The number of hydrogen-bond donors (Lipinski definition) is 1. The van der Waals surface area contributed by atoms with Gasteiger partial charge in [0.1, 0.15) is 6.54 Å². The zero-order valence-electron chi connectivity index (χ0n) is 14.4. The zero-order chi connectivity index (χ0) is 16.6. The minimum absolute atomic E-state index is 0.0716. The maximum absolute atomic E-state index is 12.9. The minimum atomic E-state index is -0.960. The number of carbonyl (C=O) groups is 2. The van der Waals surface area contributed by atoms with Crippen molar-refractivity contribution >= 4 is 12.0 Å². The van der Waals surface area contributed by atoms with Crippen LogP contribution in [0.3, 0.4) is 0 Å². The lowest BCUT2D eigenvalue weighted by molar-refractivity contribution is -0.138. The summed E-state index contributed by atoms with van der Waals surface area (Å²) in [4.78, 5) is 27.3. The molecule has 1 atom stereocenters. The number of nitrogens with zero attached hydrogens (tertiary/aromatic N) is 2. The highest BCUT2D eigenvalue weighted by atomic mass is 16.4. The lowest BCUT2D eigenvalue weighted by Crippen LogP contribution is -2.53. The van der Waals surface area contributed by atoms with Gasteiger partial charge in [-0.05, 0) is 32.1 Å². The lowest BCUT2D eigenvalue weighted by atomic mass is 10.1. The van der Waals surface area contributed by atoms with Crippen molar-refractivity contribution < 1.29 is 14.7 Å². The van der Waals surface area contributed by atoms with Crippen LogP contribution in [-0.2, 0) is 4.79 Å². The van der Waals surface area contributed by atoms with Crippen molar-refractivity contribution in [2.75, 3.05) is 13.1 Å². The maximum atomic E-state index is 12.9. The second kappa shape index (κ2) is 9.64. The predicted octanol–water partition coefficient (Wildman–Crippen LogP) is 3.44. The summed E-state index contributed by atoms with van der Waals surface area (Å²) in [7, 11) is 0. The van der Waals surface area contributed by atoms with E-state index in [2.05, 4.69) is 27.7 Å². The maximum Gasteiger partial charge on any atom is 0.323 e. The molecule has 5 heteroatoms. The van der Waals surface area contributed by atoms with Crippen LogP contribution in [-0.4, -0.2) is 52.1 Å². The van der Waals surface area contributed by atoms with Gasteiger partial charge in [-0.3, -0.25) is 4.79 Å². The third-order valence-corrected chi connectivity index (χ3v) is 3.87. The largest absolute Gasteiger partial charge is 0.480 e. The van der Waals surface area contributed by atoms with Gasteiger partial charge in [-0.15, -0.1) is 0 Å². The Bertz CT molecular complexity index is 327. The summed E-state index contributed by atoms with van der Waals surface area (Å²) in [5.74, 6) is -0.601. The van der Waals surface area contributed by atoms with Crippen molar-refractivity contribution in [2.24, 2.45) is 5.92 Å². The summed E-state index contributed by atoms with van der Waals surface area (Å²) in [5, 5.41) is 9.08. The van der Waals surface area contributed by atoms with Gasteiger partial charge in [0.05, 0.1) is 0 Å². The van der Waals surface area contributed by atoms with Crippen LogP contribution in [0.15, 0.2) is 0 Å². The summed E-state index contributed by atoms with van der Waals surface area (Å²) in [6.07, 6.45) is 2.52. The van der Waals surface area contributed by atoms with Gasteiger partial charge < -0.3 is 14.9 Å². The highest BCUT2D eigenvalue weighted by Gasteiger charge is 2.30. The number of carbonyl (C=O) groups excluding carboxylic acids is 1. The average molecular weight is 300 g/mol. The first-order valence-corrected chi connectivity index (χ1v) is 8.07. The second-order valence-corrected chi connectivity index (χ2v) is 6.08. The quantitative estimate of drug-likeness (QED) is 0.709. The number of carboxylic acids is 1. The molecule has 1 N–H and O–H groups in total. The summed E-state index contributed by atoms with van der Waals surface area (Å²) < 4.78 is 0. The van der Waals surface area contributed by atoms with Gasteiger partial charge in [-0.25, -0.2) is 4.79 Å². The van der Waals surface area contributed by atoms with Gasteiger partial charge in [0.25, 0.3) is 0 Å². The average Bonchev–Trinajstić information content (AvgIpc) is 2.42. The lowest BCUT2D eigenvalue weighted by Gasteiger charge is -2.38. The molecule has 0 saturated carbocycles. The Labute approximate surface area is 129 Å². The fraction of sp³-hybridized carbons (Fsp3) is 0.875. The molecule has 0 aromatic rings. The highest BCUT2D eigenvalue weighted by molar-refractivity contribution is 5.80. The molecule has 2 amide bonds. The Morgan fingerprint density at radius 3 is 1.81 bits per heavy atom. The van der Waals surface area contributed by atoms with E-state index in [1.54, 1.807) is 0 Å². The fourth-order valence-electron chi connectivity index (χ4n) is 2.45. The molecule has 5 nitrogen and oxygen atoms in total. The summed E-state index contributed by atoms with van der Waals surface area (Å²) in [6, 6.07) is -0.0491. The van der Waals surface area contributed by atoms with E-state index in [1.165, 1.54) is 4.90 Å². The minimum Gasteiger partial charge on any atom is -0.480 e. The van der Waals surface area contributed by atoms with Crippen molar-refractivity contribution in [1.29, 1.82) is 0 Å². The van der Waals surface area contributed by atoms with E-state index in [9.17, 15) is 9.59 Å². The molecule has 0 radical (unpaired) electrons. The van der Waals surface area contributed by atoms with Crippen molar-refractivity contribution in [2.45, 2.75) is 72.9 Å². The van der Waals surface area contributed by atoms with Gasteiger partial charge in [0.15, 0.2) is 0 Å². The Balaban J connectivity index is 5.30. The second-order valence-electron chi connectivity index (χ2n) is 6.08. The van der Waals surface area contributed by atoms with Crippen LogP contribution in [0.4, 0.5) is 4.79 Å². The summed E-state index contributed by atoms with van der Waals surface area (Å²) in [5.41, 5.74) is 0. The Morgan fingerprint density at radius 1 is 0.952 bits per heavy atom. The van der Waals surface area contributed by atoms with Crippen LogP contribution in [0.1, 0.15) is 60.8 Å². The van der Waals surface area contributed by atoms with Gasteiger partial charge >= 0.3 is 12.0 Å². The Hall–Kier alpha value is -1.26. The number of aliphatic carboxylic acids is 1. The predicted molar refractivity (Wildman–Crippen MR) is 85.4 cm³/mol. The van der Waals surface area contributed by atoms with E-state index in [-0.39, 0.29) is 24.7 Å². The standard InChI is InChI=1S/C16H32N2O3/c1-7-13(6)17(11-15(19)20)16(21)18(10-12(4)5)14(8-2)9-3/h12-14H,7-11H2,1-6H3,(H,19,20). The zero-order valence-corrected chi connectivity index (χ0v) is 14.4. The molecular weight excluding hydrogens is 268 g/mol. The molecule has 124 valence electrons. The van der Waals surface area contributed by atoms with Gasteiger partial charge in [-0.1, -0.05) is 34.6 Å². The van der Waals surface area contributed by atoms with E-state index in [1.807, 2.05) is 18.7 Å². The molecule has 0 saturated heterocycles. The number of rotatable bonds is 9. The molecule has 0 aromatic carbocycles. The normalized spacial score (nSPS) is 12.6. The first-order chi connectivity index (χ1) is 9.78. The van der Waals surface area contributed by atoms with Crippen LogP contribution >= 0.6 is 0 Å². The molecule has 0 spiro atoms. The Kier molecular flexibility index (Phi) is 9.06. The number of carboxylic acid groups (broad SMARTS) is 1. The molecule has 0 aromatic heterocycles. The van der Waals surface area contributed by atoms with Gasteiger partial charge in [0, 0.05) is 18.6 Å². The van der Waals surface area contributed by atoms with Gasteiger partial charge in [-0.2, -0.15) is 0 Å². The van der Waals surface area contributed by atoms with E-state index >= 15 is 0 Å². The first kappa shape index (κ1) is 19.7. The monoisotopic (exact) mass is 300 g/mol. The SMILES string of the molecule is CCC(C)N(CC(=O)O)C(=O)N(CC(C)C)C(CC)CC. The highest BCUT2D eigenvalue weighted by Crippen LogP contribution is 2.16. The van der Waals surface area contributed by atoms with Gasteiger partial charge in [0.2, 0.25) is 0 Å². The molecule has 0 fully saturated rings. The van der Waals surface area contributed by atoms with Crippen molar-refractivity contribution in [3.05, 3.63) is 0 Å². The topological polar surface area (TPSA) is 60.9 Å². The van der Waals surface area contributed by atoms with Crippen molar-refractivity contribution in [3.63, 3.8) is 0 Å². The first-order valence-electron chi connectivity index (χ1n) is 8.07. The Morgan fingerprint density at radius 2 is 1.48 bits per heavy atom. The van der Waals surface area contributed by atoms with E-state index in [4.69, 9.17) is 5.11 Å². The molecule has 0 aliphatic rings. The molecule has 0 aliphatic heterocycles. The number of hydrogen-bond acceptors (Lipinski definition) is 2. The smallest absolute Gasteiger partial charge is 0.323 e. The van der Waals surface area contributed by atoms with Crippen molar-refractivity contribution in [3.8, 4) is 0 Å². The molecule has 1 unspecified atom stereocenters. The molecule has 0 aliphatic carbocycles. The van der Waals surface area contributed by atoms with Crippen LogP contribution in [0.25, 0.3) is 0 Å². The molecule has 21 heavy (non-hydrogen) atoms. The van der Waals surface area contributed by atoms with E-state index < -0.39 is 5.97 Å². The fourth-order valence-corrected chi connectivity index (χ4v) is 2.45. The van der Waals surface area contributed by atoms with E-state index in [0.717, 1.165) is 19.3 Å². The van der Waals surface area contributed by atoms with Crippen LogP contribution < -0.4 is 0 Å². The van der Waals surface area contributed by atoms with Crippen LogP contribution in [0.2, 0.25) is 0 Å². The number of amides is 2.